The highest BCUT2D eigenvalue weighted by molar-refractivity contribution is 7.79. The maximum atomic E-state index is 12.5. The summed E-state index contributed by atoms with van der Waals surface area (Å²) in [7, 11) is 2.06. The lowest BCUT2D eigenvalue weighted by Crippen LogP contribution is -2.22. The molecule has 0 N–H and O–H groups in total. The topological polar surface area (TPSA) is 69.7 Å². The Balaban J connectivity index is 1.45. The quantitative estimate of drug-likeness (QED) is 0.320. The van der Waals surface area contributed by atoms with Crippen molar-refractivity contribution in [1.29, 1.82) is 0 Å². The summed E-state index contributed by atoms with van der Waals surface area (Å²) in [5, 5.41) is 0.796. The third-order valence-electron chi connectivity index (χ3n) is 5.17. The van der Waals surface area contributed by atoms with Gasteiger partial charge in [-0.1, -0.05) is 29.8 Å². The smallest absolute Gasteiger partial charge is 0.162 e. The Labute approximate surface area is 179 Å². The molecule has 3 rings (SSSR count). The second kappa shape index (κ2) is 10.3. The lowest BCUT2D eigenvalue weighted by Gasteiger charge is -2.17. The van der Waals surface area contributed by atoms with Crippen LogP contribution < -0.4 is 4.74 Å². The number of ketones is 1. The number of unbranched alkanes of at least 4 members (excludes halogenated alkanes) is 1. The van der Waals surface area contributed by atoms with Crippen LogP contribution in [0.25, 0.3) is 0 Å². The van der Waals surface area contributed by atoms with E-state index in [4.69, 9.17) is 16.3 Å². The minimum atomic E-state index is -2.41. The largest absolute Gasteiger partial charge is 0.768 e. The summed E-state index contributed by atoms with van der Waals surface area (Å²) in [4.78, 5) is 14.9. The van der Waals surface area contributed by atoms with Gasteiger partial charge in [-0.3, -0.25) is 9.00 Å². The van der Waals surface area contributed by atoms with Crippen molar-refractivity contribution in [3.05, 3.63) is 58.1 Å². The normalized spacial score (nSPS) is 13.9. The van der Waals surface area contributed by atoms with Gasteiger partial charge in [0.15, 0.2) is 5.78 Å². The standard InChI is InChI=1S/C22H26ClNO4S/c1-24(12-9-16-6-2-3-7-19(16)23)11-5-4-8-20(25)18-14-17-10-13-28-22(17)21(15-18)29(26)27/h2-3,6-7,14-15H,4-5,8-13H2,1H3,(H,26,27)/p-1. The highest BCUT2D eigenvalue weighted by atomic mass is 35.5. The summed E-state index contributed by atoms with van der Waals surface area (Å²) in [6.45, 7) is 2.25. The molecule has 1 aliphatic heterocycles. The van der Waals surface area contributed by atoms with E-state index in [1.165, 1.54) is 6.07 Å². The third kappa shape index (κ3) is 5.89. The second-order valence-electron chi connectivity index (χ2n) is 7.32. The first kappa shape index (κ1) is 22.0. The van der Waals surface area contributed by atoms with Crippen LogP contribution in [-0.2, 0) is 23.9 Å². The number of likely N-dealkylation sites (N-methyl/N-ethyl adjacent to an activating group) is 1. The number of carbonyl (C=O) groups excluding carboxylic acids is 1. The number of nitrogens with zero attached hydrogens (tertiary/aromatic N) is 1. The van der Waals surface area contributed by atoms with Gasteiger partial charge >= 0.3 is 0 Å². The van der Waals surface area contributed by atoms with E-state index < -0.39 is 11.1 Å². The van der Waals surface area contributed by atoms with Crippen molar-refractivity contribution in [2.45, 2.75) is 37.0 Å². The molecule has 0 radical (unpaired) electrons. The summed E-state index contributed by atoms with van der Waals surface area (Å²) >= 11 is 3.78. The Morgan fingerprint density at radius 3 is 2.79 bits per heavy atom. The van der Waals surface area contributed by atoms with E-state index in [9.17, 15) is 13.6 Å². The summed E-state index contributed by atoms with van der Waals surface area (Å²) in [6, 6.07) is 11.1. The van der Waals surface area contributed by atoms with E-state index in [0.717, 1.165) is 48.5 Å². The van der Waals surface area contributed by atoms with Gasteiger partial charge < -0.3 is 14.2 Å². The molecule has 1 atom stereocenters. The monoisotopic (exact) mass is 434 g/mol. The van der Waals surface area contributed by atoms with Gasteiger partial charge in [-0.15, -0.1) is 0 Å². The van der Waals surface area contributed by atoms with Crippen LogP contribution in [0.2, 0.25) is 5.02 Å². The molecule has 2 aromatic carbocycles. The molecule has 0 saturated carbocycles. The van der Waals surface area contributed by atoms with Crippen LogP contribution in [0.4, 0.5) is 0 Å². The number of hydrogen-bond acceptors (Lipinski definition) is 5. The lowest BCUT2D eigenvalue weighted by molar-refractivity contribution is 0.0978. The Morgan fingerprint density at radius 1 is 1.24 bits per heavy atom. The van der Waals surface area contributed by atoms with Gasteiger partial charge in [-0.25, -0.2) is 0 Å². The molecular formula is C22H25ClNO4S-. The van der Waals surface area contributed by atoms with E-state index in [-0.39, 0.29) is 10.7 Å². The molecular weight excluding hydrogens is 410 g/mol. The highest BCUT2D eigenvalue weighted by Gasteiger charge is 2.20. The Morgan fingerprint density at radius 2 is 2.03 bits per heavy atom. The van der Waals surface area contributed by atoms with Gasteiger partial charge in [0, 0.05) is 30.0 Å². The average Bonchev–Trinajstić information content (AvgIpc) is 3.18. The van der Waals surface area contributed by atoms with E-state index in [2.05, 4.69) is 11.9 Å². The van der Waals surface area contributed by atoms with E-state index >= 15 is 0 Å². The molecule has 0 bridgehead atoms. The van der Waals surface area contributed by atoms with Gasteiger partial charge in [0.25, 0.3) is 0 Å². The van der Waals surface area contributed by atoms with Crippen LogP contribution in [0, 0.1) is 0 Å². The van der Waals surface area contributed by atoms with Gasteiger partial charge in [0.2, 0.25) is 0 Å². The van der Waals surface area contributed by atoms with Gasteiger partial charge in [0.1, 0.15) is 5.75 Å². The van der Waals surface area contributed by atoms with Gasteiger partial charge in [-0.05, 0) is 73.3 Å². The maximum Gasteiger partial charge on any atom is 0.162 e. The van der Waals surface area contributed by atoms with Crippen molar-refractivity contribution < 1.29 is 18.3 Å². The Kier molecular flexibility index (Phi) is 7.84. The number of halogens is 1. The van der Waals surface area contributed by atoms with Crippen LogP contribution >= 0.6 is 11.6 Å². The first-order valence-electron chi connectivity index (χ1n) is 9.80. The molecule has 1 heterocycles. The molecule has 5 nitrogen and oxygen atoms in total. The minimum Gasteiger partial charge on any atom is -0.768 e. The number of hydrogen-bond donors (Lipinski definition) is 0. The number of carbonyl (C=O) groups is 1. The fourth-order valence-corrected chi connectivity index (χ4v) is 4.29. The van der Waals surface area contributed by atoms with E-state index in [1.807, 2.05) is 24.3 Å². The molecule has 0 spiro atoms. The zero-order valence-electron chi connectivity index (χ0n) is 16.5. The predicted molar refractivity (Wildman–Crippen MR) is 114 cm³/mol. The van der Waals surface area contributed by atoms with Crippen molar-refractivity contribution >= 4 is 28.5 Å². The number of benzene rings is 2. The molecule has 156 valence electrons. The second-order valence-corrected chi connectivity index (χ2v) is 8.64. The number of Topliss-reactive ketones (excluding diaryl/α,β-unsaturated/α-hetero) is 1. The third-order valence-corrected chi connectivity index (χ3v) is 6.20. The molecule has 0 saturated heterocycles. The van der Waals surface area contributed by atoms with Crippen molar-refractivity contribution in [3.63, 3.8) is 0 Å². The molecule has 0 amide bonds. The molecule has 2 aromatic rings. The van der Waals surface area contributed by atoms with E-state index in [0.29, 0.717) is 30.8 Å². The Bertz CT molecular complexity index is 902. The summed E-state index contributed by atoms with van der Waals surface area (Å²) in [6.07, 6.45) is 3.60. The molecule has 1 unspecified atom stereocenters. The zero-order chi connectivity index (χ0) is 20.8. The fourth-order valence-electron chi connectivity index (χ4n) is 3.49. The van der Waals surface area contributed by atoms with Crippen molar-refractivity contribution in [1.82, 2.24) is 4.90 Å². The van der Waals surface area contributed by atoms with Crippen LogP contribution in [-0.4, -0.2) is 46.2 Å². The highest BCUT2D eigenvalue weighted by Crippen LogP contribution is 2.33. The van der Waals surface area contributed by atoms with Crippen LogP contribution in [0.5, 0.6) is 5.75 Å². The maximum absolute atomic E-state index is 12.5. The number of rotatable bonds is 10. The van der Waals surface area contributed by atoms with E-state index in [1.54, 1.807) is 6.07 Å². The van der Waals surface area contributed by atoms with Crippen molar-refractivity contribution in [3.8, 4) is 5.75 Å². The van der Waals surface area contributed by atoms with Gasteiger partial charge in [-0.2, -0.15) is 0 Å². The fraction of sp³-hybridized carbons (Fsp3) is 0.409. The molecule has 0 aliphatic carbocycles. The van der Waals surface area contributed by atoms with Crippen LogP contribution in [0.3, 0.4) is 0 Å². The van der Waals surface area contributed by atoms with Crippen molar-refractivity contribution in [2.24, 2.45) is 0 Å². The Hall–Kier alpha value is -1.73. The summed E-state index contributed by atoms with van der Waals surface area (Å²) in [5.74, 6) is 0.375. The average molecular weight is 435 g/mol. The minimum absolute atomic E-state index is 0.0230. The van der Waals surface area contributed by atoms with Crippen LogP contribution in [0.1, 0.15) is 40.7 Å². The lowest BCUT2D eigenvalue weighted by atomic mass is 10.0. The molecule has 1 aliphatic rings. The van der Waals surface area contributed by atoms with Gasteiger partial charge in [0.05, 0.1) is 11.5 Å². The van der Waals surface area contributed by atoms with Crippen molar-refractivity contribution in [2.75, 3.05) is 26.7 Å². The number of fused-ring (bicyclic) bond motifs is 1. The SMILES string of the molecule is CN(CCCCC(=O)c1cc2c(c(S(=O)[O-])c1)OCC2)CCc1ccccc1Cl. The molecule has 7 heteroatoms. The summed E-state index contributed by atoms with van der Waals surface area (Å²) < 4.78 is 28.3. The summed E-state index contributed by atoms with van der Waals surface area (Å²) in [5.41, 5.74) is 2.40. The molecule has 0 aromatic heterocycles. The first-order valence-corrected chi connectivity index (χ1v) is 11.2. The number of ether oxygens (including phenoxy) is 1. The zero-order valence-corrected chi connectivity index (χ0v) is 18.1. The molecule has 0 fully saturated rings. The van der Waals surface area contributed by atoms with Crippen LogP contribution in [0.15, 0.2) is 41.3 Å². The first-order chi connectivity index (χ1) is 14.0. The predicted octanol–water partition coefficient (Wildman–Crippen LogP) is 4.04. The molecule has 29 heavy (non-hydrogen) atoms.